The normalized spacial score (nSPS) is 20.0. The molecule has 1 amide bonds. The molecule has 1 aromatic heterocycles. The van der Waals surface area contributed by atoms with Gasteiger partial charge in [0, 0.05) is 22.5 Å². The summed E-state index contributed by atoms with van der Waals surface area (Å²) in [6.07, 6.45) is 0.942. The predicted molar refractivity (Wildman–Crippen MR) is 104 cm³/mol. The number of H-pyrrole nitrogens is 1. The number of hydrogen-bond acceptors (Lipinski definition) is 3. The molecule has 27 heavy (non-hydrogen) atoms. The zero-order valence-corrected chi connectivity index (χ0v) is 15.0. The summed E-state index contributed by atoms with van der Waals surface area (Å²) < 4.78 is 0. The van der Waals surface area contributed by atoms with Crippen LogP contribution in [0.5, 0.6) is 0 Å². The number of nitrogens with one attached hydrogen (secondary N) is 2. The van der Waals surface area contributed by atoms with E-state index in [0.29, 0.717) is 5.69 Å². The molecule has 0 unspecified atom stereocenters. The molecule has 4 rings (SSSR count). The number of likely N-dealkylation sites (N-methyl/N-ethyl adjacent to an activating group) is 1. The minimum Gasteiger partial charge on any atom is -0.477 e. The summed E-state index contributed by atoms with van der Waals surface area (Å²) in [6.45, 7) is 0.871. The molecule has 138 valence electrons. The van der Waals surface area contributed by atoms with Crippen LogP contribution in [-0.2, 0) is 4.79 Å². The third-order valence-corrected chi connectivity index (χ3v) is 5.26. The van der Waals surface area contributed by atoms with Crippen molar-refractivity contribution in [3.05, 3.63) is 65.9 Å². The van der Waals surface area contributed by atoms with Crippen molar-refractivity contribution in [1.82, 2.24) is 9.88 Å². The van der Waals surface area contributed by atoms with Gasteiger partial charge < -0.3 is 15.4 Å². The molecule has 1 saturated heterocycles. The lowest BCUT2D eigenvalue weighted by Crippen LogP contribution is -2.40. The molecule has 0 radical (unpaired) electrons. The van der Waals surface area contributed by atoms with Gasteiger partial charge in [0.2, 0.25) is 5.91 Å². The molecular weight excluding hydrogens is 342 g/mol. The third-order valence-electron chi connectivity index (χ3n) is 5.26. The van der Waals surface area contributed by atoms with Crippen LogP contribution in [0.4, 0.5) is 5.69 Å². The molecule has 6 heteroatoms. The van der Waals surface area contributed by atoms with Gasteiger partial charge in [0.15, 0.2) is 0 Å². The Bertz CT molecular complexity index is 996. The van der Waals surface area contributed by atoms with Crippen molar-refractivity contribution < 1.29 is 14.7 Å². The Morgan fingerprint density at radius 2 is 1.93 bits per heavy atom. The fraction of sp³-hybridized carbons (Fsp3) is 0.238. The number of likely N-dealkylation sites (tertiary alicyclic amines) is 1. The summed E-state index contributed by atoms with van der Waals surface area (Å²) in [5, 5.41) is 12.9. The monoisotopic (exact) mass is 363 g/mol. The molecule has 3 N–H and O–H groups in total. The number of carboxylic acid groups (broad SMARTS) is 1. The molecule has 1 aliphatic rings. The Labute approximate surface area is 156 Å². The summed E-state index contributed by atoms with van der Waals surface area (Å²) in [5.74, 6) is -0.891. The lowest BCUT2D eigenvalue weighted by atomic mass is 9.91. The van der Waals surface area contributed by atoms with Crippen LogP contribution in [-0.4, -0.2) is 46.5 Å². The number of carbonyl (C=O) groups is 2. The van der Waals surface area contributed by atoms with Crippen molar-refractivity contribution in [3.63, 3.8) is 0 Å². The lowest BCUT2D eigenvalue weighted by molar-refractivity contribution is -0.120. The molecule has 2 heterocycles. The number of anilines is 1. The molecular formula is C21H21N3O3. The van der Waals surface area contributed by atoms with Crippen molar-refractivity contribution in [2.24, 2.45) is 0 Å². The second kappa shape index (κ2) is 6.89. The van der Waals surface area contributed by atoms with E-state index in [1.165, 1.54) is 5.56 Å². The van der Waals surface area contributed by atoms with Gasteiger partial charge in [-0.1, -0.05) is 30.3 Å². The SMILES string of the molecule is CN1CC[C@@H](c2ccccc2)[C@H]1C(=O)Nc1ccc2[nH]c(C(=O)O)cc2c1. The van der Waals surface area contributed by atoms with Crippen molar-refractivity contribution in [2.75, 3.05) is 18.9 Å². The van der Waals surface area contributed by atoms with Crippen LogP contribution in [0.3, 0.4) is 0 Å². The van der Waals surface area contributed by atoms with Gasteiger partial charge in [-0.15, -0.1) is 0 Å². The highest BCUT2D eigenvalue weighted by atomic mass is 16.4. The number of aromatic nitrogens is 1. The number of aromatic carboxylic acids is 1. The van der Waals surface area contributed by atoms with E-state index >= 15 is 0 Å². The standard InChI is InChI=1S/C21H21N3O3/c1-24-10-9-16(13-5-3-2-4-6-13)19(24)20(25)22-15-7-8-17-14(11-15)12-18(23-17)21(26)27/h2-8,11-12,16,19,23H,9-10H2,1H3,(H,22,25)(H,26,27)/t16-,19-/m0/s1. The van der Waals surface area contributed by atoms with Crippen LogP contribution in [0.25, 0.3) is 10.9 Å². The number of hydrogen-bond donors (Lipinski definition) is 3. The number of benzene rings is 2. The number of aromatic amines is 1. The summed E-state index contributed by atoms with van der Waals surface area (Å²) in [5.41, 5.74) is 2.70. The molecule has 0 spiro atoms. The fourth-order valence-corrected chi connectivity index (χ4v) is 3.92. The average Bonchev–Trinajstić information content (AvgIpc) is 3.25. The molecule has 0 bridgehead atoms. The van der Waals surface area contributed by atoms with Gasteiger partial charge in [-0.3, -0.25) is 9.69 Å². The molecule has 1 aliphatic heterocycles. The summed E-state index contributed by atoms with van der Waals surface area (Å²) in [7, 11) is 1.97. The molecule has 6 nitrogen and oxygen atoms in total. The van der Waals surface area contributed by atoms with Crippen LogP contribution in [0.1, 0.15) is 28.4 Å². The van der Waals surface area contributed by atoms with E-state index in [2.05, 4.69) is 27.3 Å². The Balaban J connectivity index is 1.57. The van der Waals surface area contributed by atoms with Crippen molar-refractivity contribution in [3.8, 4) is 0 Å². The number of nitrogens with zero attached hydrogens (tertiary/aromatic N) is 1. The highest BCUT2D eigenvalue weighted by Gasteiger charge is 2.38. The van der Waals surface area contributed by atoms with Crippen molar-refractivity contribution in [2.45, 2.75) is 18.4 Å². The van der Waals surface area contributed by atoms with E-state index in [1.807, 2.05) is 25.2 Å². The van der Waals surface area contributed by atoms with Crippen molar-refractivity contribution >= 4 is 28.5 Å². The zero-order valence-electron chi connectivity index (χ0n) is 15.0. The maximum Gasteiger partial charge on any atom is 0.352 e. The van der Waals surface area contributed by atoms with E-state index < -0.39 is 5.97 Å². The Kier molecular flexibility index (Phi) is 4.41. The maximum absolute atomic E-state index is 13.0. The van der Waals surface area contributed by atoms with Crippen LogP contribution in [0, 0.1) is 0 Å². The van der Waals surface area contributed by atoms with E-state index in [-0.39, 0.29) is 23.6 Å². The average molecular weight is 363 g/mol. The second-order valence-corrected chi connectivity index (χ2v) is 7.01. The summed E-state index contributed by atoms with van der Waals surface area (Å²) in [6, 6.07) is 16.8. The topological polar surface area (TPSA) is 85.4 Å². The van der Waals surface area contributed by atoms with Crippen molar-refractivity contribution in [1.29, 1.82) is 0 Å². The van der Waals surface area contributed by atoms with Crippen LogP contribution in [0.2, 0.25) is 0 Å². The van der Waals surface area contributed by atoms with Crippen LogP contribution >= 0.6 is 0 Å². The van der Waals surface area contributed by atoms with E-state index in [0.717, 1.165) is 23.9 Å². The van der Waals surface area contributed by atoms with Crippen LogP contribution in [0.15, 0.2) is 54.6 Å². The minimum atomic E-state index is -1.00. The number of fused-ring (bicyclic) bond motifs is 1. The Hall–Kier alpha value is -3.12. The number of carboxylic acids is 1. The predicted octanol–water partition coefficient (Wildman–Crippen LogP) is 3.29. The Morgan fingerprint density at radius 1 is 1.15 bits per heavy atom. The first-order chi connectivity index (χ1) is 13.0. The highest BCUT2D eigenvalue weighted by molar-refractivity contribution is 5.99. The lowest BCUT2D eigenvalue weighted by Gasteiger charge is -2.24. The first-order valence-electron chi connectivity index (χ1n) is 8.95. The largest absolute Gasteiger partial charge is 0.477 e. The number of rotatable bonds is 4. The smallest absolute Gasteiger partial charge is 0.352 e. The van der Waals surface area contributed by atoms with E-state index in [9.17, 15) is 9.59 Å². The molecule has 2 aromatic carbocycles. The van der Waals surface area contributed by atoms with Gasteiger partial charge in [0.1, 0.15) is 5.69 Å². The first kappa shape index (κ1) is 17.3. The first-order valence-corrected chi connectivity index (χ1v) is 8.95. The zero-order chi connectivity index (χ0) is 19.0. The van der Waals surface area contributed by atoms with Gasteiger partial charge in [-0.2, -0.15) is 0 Å². The molecule has 3 aromatic rings. The summed E-state index contributed by atoms with van der Waals surface area (Å²) >= 11 is 0. The maximum atomic E-state index is 13.0. The Morgan fingerprint density at radius 3 is 2.67 bits per heavy atom. The molecule has 0 saturated carbocycles. The van der Waals surface area contributed by atoms with Crippen LogP contribution < -0.4 is 5.32 Å². The van der Waals surface area contributed by atoms with Gasteiger partial charge in [-0.25, -0.2) is 4.79 Å². The van der Waals surface area contributed by atoms with Gasteiger partial charge in [0.05, 0.1) is 6.04 Å². The fourth-order valence-electron chi connectivity index (χ4n) is 3.92. The molecule has 0 aliphatic carbocycles. The molecule has 1 fully saturated rings. The van der Waals surface area contributed by atoms with Gasteiger partial charge in [0.25, 0.3) is 0 Å². The quantitative estimate of drug-likeness (QED) is 0.664. The number of amides is 1. The summed E-state index contributed by atoms with van der Waals surface area (Å²) in [4.78, 5) is 29.0. The molecule has 2 atom stereocenters. The van der Waals surface area contributed by atoms with E-state index in [1.54, 1.807) is 24.3 Å². The number of carbonyl (C=O) groups excluding carboxylic acids is 1. The van der Waals surface area contributed by atoms with Gasteiger partial charge in [-0.05, 0) is 49.8 Å². The van der Waals surface area contributed by atoms with E-state index in [4.69, 9.17) is 5.11 Å². The third kappa shape index (κ3) is 3.31. The van der Waals surface area contributed by atoms with Gasteiger partial charge >= 0.3 is 5.97 Å². The highest BCUT2D eigenvalue weighted by Crippen LogP contribution is 2.33. The second-order valence-electron chi connectivity index (χ2n) is 7.01. The minimum absolute atomic E-state index is 0.0443.